The van der Waals surface area contributed by atoms with Gasteiger partial charge in [-0.15, -0.1) is 20.4 Å². The number of fused-ring (bicyclic) bond motifs is 1. The van der Waals surface area contributed by atoms with Crippen LogP contribution >= 0.6 is 0 Å². The number of carbonyl (C=O) groups is 1. The van der Waals surface area contributed by atoms with E-state index < -0.39 is 0 Å². The molecule has 0 spiro atoms. The number of rotatable bonds is 5. The molecule has 8 nitrogen and oxygen atoms in total. The van der Waals surface area contributed by atoms with Crippen molar-refractivity contribution < 1.29 is 4.79 Å². The Hall–Kier alpha value is -3.29. The van der Waals surface area contributed by atoms with E-state index in [0.29, 0.717) is 5.82 Å². The first-order chi connectivity index (χ1) is 13.2. The normalized spacial score (nSPS) is 14.3. The predicted molar refractivity (Wildman–Crippen MR) is 101 cm³/mol. The number of carbonyl (C=O) groups excluding carboxylic acids is 1. The number of hydrogen-bond acceptors (Lipinski definition) is 6. The zero-order valence-corrected chi connectivity index (χ0v) is 15.1. The van der Waals surface area contributed by atoms with Crippen molar-refractivity contribution in [2.75, 3.05) is 10.6 Å². The van der Waals surface area contributed by atoms with E-state index in [1.165, 1.54) is 0 Å². The number of amides is 1. The Balaban J connectivity index is 1.42. The zero-order chi connectivity index (χ0) is 18.6. The first kappa shape index (κ1) is 17.1. The largest absolute Gasteiger partial charge is 0.359 e. The van der Waals surface area contributed by atoms with E-state index in [4.69, 9.17) is 0 Å². The van der Waals surface area contributed by atoms with E-state index >= 15 is 0 Å². The third-order valence-electron chi connectivity index (χ3n) is 4.57. The van der Waals surface area contributed by atoms with Crippen LogP contribution in [0.1, 0.15) is 47.9 Å². The van der Waals surface area contributed by atoms with Crippen LogP contribution in [0.15, 0.2) is 42.5 Å². The highest BCUT2D eigenvalue weighted by Gasteiger charge is 2.20. The summed E-state index contributed by atoms with van der Waals surface area (Å²) in [7, 11) is 0. The van der Waals surface area contributed by atoms with Gasteiger partial charge in [-0.1, -0.05) is 18.2 Å². The lowest BCUT2D eigenvalue weighted by atomic mass is 10.1. The van der Waals surface area contributed by atoms with Crippen LogP contribution in [0.2, 0.25) is 0 Å². The fraction of sp³-hybridized carbons (Fsp3) is 0.316. The Kier molecular flexibility index (Phi) is 4.78. The Bertz CT molecular complexity index is 921. The van der Waals surface area contributed by atoms with Gasteiger partial charge in [0.2, 0.25) is 0 Å². The van der Waals surface area contributed by atoms with Crippen molar-refractivity contribution in [2.24, 2.45) is 0 Å². The highest BCUT2D eigenvalue weighted by atomic mass is 16.1. The average Bonchev–Trinajstić information content (AvgIpc) is 3.13. The molecule has 3 aromatic rings. The maximum absolute atomic E-state index is 12.2. The van der Waals surface area contributed by atoms with Gasteiger partial charge in [-0.05, 0) is 44.0 Å². The monoisotopic (exact) mass is 363 g/mol. The third kappa shape index (κ3) is 3.79. The molecule has 0 bridgehead atoms. The number of nitrogens with one attached hydrogen (secondary N) is 2. The van der Waals surface area contributed by atoms with E-state index in [1.54, 1.807) is 12.1 Å². The lowest BCUT2D eigenvalue weighted by molar-refractivity contribution is 0.102. The fourth-order valence-electron chi connectivity index (χ4n) is 3.18. The molecule has 1 unspecified atom stereocenters. The minimum Gasteiger partial charge on any atom is -0.359 e. The van der Waals surface area contributed by atoms with Crippen LogP contribution < -0.4 is 10.6 Å². The smallest absolute Gasteiger partial charge is 0.276 e. The molecule has 0 aliphatic carbocycles. The standard InChI is InChI=1S/C19H21N7O/c1-13(18-25-24-17-9-5-6-12-26(17)18)20-16-11-10-15(22-23-16)19(27)21-14-7-3-2-4-8-14/h2-4,7-8,10-11,13H,5-6,9,12H2,1H3,(H,20,23)(H,21,27). The van der Waals surface area contributed by atoms with Crippen molar-refractivity contribution in [1.82, 2.24) is 25.0 Å². The summed E-state index contributed by atoms with van der Waals surface area (Å²) in [6.07, 6.45) is 3.29. The van der Waals surface area contributed by atoms with Gasteiger partial charge in [0.15, 0.2) is 11.5 Å². The quantitative estimate of drug-likeness (QED) is 0.723. The number of para-hydroxylation sites is 1. The molecular formula is C19H21N7O. The van der Waals surface area contributed by atoms with Crippen molar-refractivity contribution in [3.63, 3.8) is 0 Å². The topological polar surface area (TPSA) is 97.6 Å². The van der Waals surface area contributed by atoms with E-state index in [1.807, 2.05) is 37.3 Å². The molecule has 0 saturated carbocycles. The number of aromatic nitrogens is 5. The van der Waals surface area contributed by atoms with Gasteiger partial charge in [0.1, 0.15) is 11.6 Å². The van der Waals surface area contributed by atoms with Gasteiger partial charge in [-0.25, -0.2) is 0 Å². The van der Waals surface area contributed by atoms with Crippen LogP contribution in [0.3, 0.4) is 0 Å². The lowest BCUT2D eigenvalue weighted by Gasteiger charge is -2.19. The van der Waals surface area contributed by atoms with E-state index in [0.717, 1.165) is 43.1 Å². The van der Waals surface area contributed by atoms with Crippen molar-refractivity contribution in [1.29, 1.82) is 0 Å². The summed E-state index contributed by atoms with van der Waals surface area (Å²) in [5.74, 6) is 2.24. The molecule has 1 amide bonds. The molecule has 8 heteroatoms. The van der Waals surface area contributed by atoms with Crippen molar-refractivity contribution >= 4 is 17.4 Å². The number of nitrogens with zero attached hydrogens (tertiary/aromatic N) is 5. The maximum Gasteiger partial charge on any atom is 0.276 e. The van der Waals surface area contributed by atoms with Crippen LogP contribution in [-0.2, 0) is 13.0 Å². The first-order valence-corrected chi connectivity index (χ1v) is 9.09. The second-order valence-electron chi connectivity index (χ2n) is 6.57. The second kappa shape index (κ2) is 7.53. The fourth-order valence-corrected chi connectivity index (χ4v) is 3.18. The van der Waals surface area contributed by atoms with Gasteiger partial charge in [0, 0.05) is 18.7 Å². The molecule has 0 fully saturated rings. The van der Waals surface area contributed by atoms with Gasteiger partial charge in [-0.2, -0.15) is 0 Å². The van der Waals surface area contributed by atoms with Gasteiger partial charge < -0.3 is 15.2 Å². The molecule has 3 heterocycles. The molecule has 0 radical (unpaired) electrons. The Morgan fingerprint density at radius 1 is 1.04 bits per heavy atom. The van der Waals surface area contributed by atoms with Crippen LogP contribution in [0.5, 0.6) is 0 Å². The summed E-state index contributed by atoms with van der Waals surface area (Å²) < 4.78 is 2.18. The Morgan fingerprint density at radius 2 is 1.89 bits per heavy atom. The van der Waals surface area contributed by atoms with Crippen LogP contribution in [0.25, 0.3) is 0 Å². The van der Waals surface area contributed by atoms with Crippen LogP contribution in [-0.4, -0.2) is 30.9 Å². The third-order valence-corrected chi connectivity index (χ3v) is 4.57. The zero-order valence-electron chi connectivity index (χ0n) is 15.1. The van der Waals surface area contributed by atoms with Crippen LogP contribution in [0.4, 0.5) is 11.5 Å². The molecule has 1 atom stereocenters. The molecule has 0 saturated heterocycles. The molecule has 1 aliphatic rings. The highest BCUT2D eigenvalue weighted by Crippen LogP contribution is 2.21. The first-order valence-electron chi connectivity index (χ1n) is 9.09. The molecule has 1 aromatic carbocycles. The minimum absolute atomic E-state index is 0.0531. The molecular weight excluding hydrogens is 342 g/mol. The van der Waals surface area contributed by atoms with E-state index in [-0.39, 0.29) is 17.6 Å². The Labute approximate surface area is 157 Å². The average molecular weight is 363 g/mol. The summed E-state index contributed by atoms with van der Waals surface area (Å²) in [5.41, 5.74) is 0.980. The maximum atomic E-state index is 12.2. The van der Waals surface area contributed by atoms with Gasteiger partial charge in [0.25, 0.3) is 5.91 Å². The van der Waals surface area contributed by atoms with Crippen molar-refractivity contribution in [2.45, 2.75) is 38.8 Å². The summed E-state index contributed by atoms with van der Waals surface area (Å²) in [6, 6.07) is 12.6. The summed E-state index contributed by atoms with van der Waals surface area (Å²) in [6.45, 7) is 2.97. The molecule has 4 rings (SSSR count). The van der Waals surface area contributed by atoms with Gasteiger partial charge >= 0.3 is 0 Å². The van der Waals surface area contributed by atoms with Gasteiger partial charge in [-0.3, -0.25) is 4.79 Å². The number of aryl methyl sites for hydroxylation is 1. The minimum atomic E-state index is -0.292. The lowest BCUT2D eigenvalue weighted by Crippen LogP contribution is -2.19. The molecule has 138 valence electrons. The van der Waals surface area contributed by atoms with E-state index in [9.17, 15) is 4.79 Å². The van der Waals surface area contributed by atoms with Crippen LogP contribution in [0, 0.1) is 0 Å². The summed E-state index contributed by atoms with van der Waals surface area (Å²) >= 11 is 0. The Morgan fingerprint density at radius 3 is 2.67 bits per heavy atom. The molecule has 27 heavy (non-hydrogen) atoms. The highest BCUT2D eigenvalue weighted by molar-refractivity contribution is 6.02. The number of benzene rings is 1. The summed E-state index contributed by atoms with van der Waals surface area (Å²) in [5, 5.41) is 22.8. The van der Waals surface area contributed by atoms with E-state index in [2.05, 4.69) is 35.6 Å². The molecule has 1 aliphatic heterocycles. The molecule has 2 aromatic heterocycles. The van der Waals surface area contributed by atoms with Crippen molar-refractivity contribution in [3.8, 4) is 0 Å². The van der Waals surface area contributed by atoms with Gasteiger partial charge in [0.05, 0.1) is 6.04 Å². The second-order valence-corrected chi connectivity index (χ2v) is 6.57. The van der Waals surface area contributed by atoms with Crippen molar-refractivity contribution in [3.05, 3.63) is 59.8 Å². The summed E-state index contributed by atoms with van der Waals surface area (Å²) in [4.78, 5) is 12.2. The number of anilines is 2. The SMILES string of the molecule is CC(Nc1ccc(C(=O)Nc2ccccc2)nn1)c1nnc2n1CCCC2. The molecule has 2 N–H and O–H groups in total. The number of hydrogen-bond donors (Lipinski definition) is 2. The predicted octanol–water partition coefficient (Wildman–Crippen LogP) is 2.83.